The number of amides is 3. The quantitative estimate of drug-likeness (QED) is 0.202. The first-order chi connectivity index (χ1) is 27.4. The van der Waals surface area contributed by atoms with Gasteiger partial charge in [0.05, 0.1) is 11.4 Å². The minimum absolute atomic E-state index is 0.214. The van der Waals surface area contributed by atoms with Crippen LogP contribution in [0, 0.1) is 0 Å². The Bertz CT molecular complexity index is 2140. The van der Waals surface area contributed by atoms with E-state index in [9.17, 15) is 9.59 Å². The number of para-hydroxylation sites is 1. The monoisotopic (exact) mass is 755 g/mol. The molecule has 0 bridgehead atoms. The van der Waals surface area contributed by atoms with E-state index in [1.165, 1.54) is 12.1 Å². The summed E-state index contributed by atoms with van der Waals surface area (Å²) in [5, 5.41) is 8.35. The minimum Gasteiger partial charge on any atom is -0.457 e. The van der Waals surface area contributed by atoms with Gasteiger partial charge in [0.15, 0.2) is 5.65 Å². The van der Waals surface area contributed by atoms with Gasteiger partial charge in [-0.05, 0) is 86.5 Å². The van der Waals surface area contributed by atoms with Crippen molar-refractivity contribution in [2.45, 2.75) is 37.8 Å². The number of hydrogen-bond acceptors (Lipinski definition) is 11. The number of likely N-dealkylation sites (tertiary alicyclic amines) is 2. The molecule has 9 rings (SSSR count). The van der Waals surface area contributed by atoms with Crippen LogP contribution in [-0.2, 0) is 4.79 Å². The summed E-state index contributed by atoms with van der Waals surface area (Å²) in [5.74, 6) is 1.79. The number of carbonyl (C=O) groups is 2. The number of anilines is 3. The molecule has 0 aliphatic carbocycles. The molecule has 4 saturated heterocycles. The van der Waals surface area contributed by atoms with Crippen molar-refractivity contribution in [2.24, 2.45) is 0 Å². The van der Waals surface area contributed by atoms with Crippen molar-refractivity contribution in [3.8, 4) is 22.8 Å². The van der Waals surface area contributed by atoms with Crippen LogP contribution in [0.1, 0.15) is 31.7 Å². The molecule has 14 heteroatoms. The smallest absolute Gasteiger partial charge is 0.328 e. The average Bonchev–Trinajstić information content (AvgIpc) is 3.88. The first-order valence-corrected chi connectivity index (χ1v) is 19.9. The van der Waals surface area contributed by atoms with Crippen molar-refractivity contribution in [2.75, 3.05) is 87.5 Å². The van der Waals surface area contributed by atoms with Gasteiger partial charge >= 0.3 is 6.03 Å². The molecule has 1 atom stereocenters. The lowest BCUT2D eigenvalue weighted by atomic mass is 10.0. The second-order valence-corrected chi connectivity index (χ2v) is 15.3. The molecule has 6 heterocycles. The summed E-state index contributed by atoms with van der Waals surface area (Å²) in [4.78, 5) is 44.7. The molecule has 1 unspecified atom stereocenters. The summed E-state index contributed by atoms with van der Waals surface area (Å²) in [6.07, 6.45) is 5.12. The van der Waals surface area contributed by atoms with Crippen LogP contribution >= 0.6 is 0 Å². The van der Waals surface area contributed by atoms with E-state index in [4.69, 9.17) is 15.6 Å². The van der Waals surface area contributed by atoms with E-state index >= 15 is 0 Å². The molecule has 0 radical (unpaired) electrons. The number of hydrogen-bond donors (Lipinski definition) is 2. The summed E-state index contributed by atoms with van der Waals surface area (Å²) in [7, 11) is 0. The Balaban J connectivity index is 0.747. The molecule has 3 N–H and O–H groups in total. The predicted molar refractivity (Wildman–Crippen MR) is 217 cm³/mol. The van der Waals surface area contributed by atoms with E-state index in [0.717, 1.165) is 118 Å². The number of piperidine rings is 1. The largest absolute Gasteiger partial charge is 0.457 e. The SMILES string of the molecule is Nc1ncnc2c1c(-c1ccc(Oc3ccccc3)cc1)nn2C1CCN(C2CCN(CCN3CCN(c4ccc(N5CCC(=O)NC5=O)cc4)CC3)C2)CC1. The normalized spacial score (nSPS) is 20.5. The molecule has 56 heavy (non-hydrogen) atoms. The zero-order valence-corrected chi connectivity index (χ0v) is 31.7. The van der Waals surface area contributed by atoms with Crippen molar-refractivity contribution in [3.05, 3.63) is 85.2 Å². The summed E-state index contributed by atoms with van der Waals surface area (Å²) in [5.41, 5.74) is 11.0. The highest BCUT2D eigenvalue weighted by atomic mass is 16.5. The van der Waals surface area contributed by atoms with Gasteiger partial charge in [0, 0.05) is 94.8 Å². The van der Waals surface area contributed by atoms with E-state index in [2.05, 4.69) is 51.7 Å². The fourth-order valence-electron chi connectivity index (χ4n) is 8.73. The van der Waals surface area contributed by atoms with Gasteiger partial charge in [-0.2, -0.15) is 5.10 Å². The maximum atomic E-state index is 12.2. The second kappa shape index (κ2) is 15.9. The van der Waals surface area contributed by atoms with E-state index in [0.29, 0.717) is 24.8 Å². The molecule has 4 fully saturated rings. The summed E-state index contributed by atoms with van der Waals surface area (Å²) in [6.45, 7) is 11.0. The van der Waals surface area contributed by atoms with E-state index in [-0.39, 0.29) is 18.0 Å². The summed E-state index contributed by atoms with van der Waals surface area (Å²) < 4.78 is 8.12. The minimum atomic E-state index is -0.346. The summed E-state index contributed by atoms with van der Waals surface area (Å²) in [6, 6.07) is 26.4. The van der Waals surface area contributed by atoms with Crippen molar-refractivity contribution in [1.29, 1.82) is 0 Å². The number of benzene rings is 3. The Kier molecular flexibility index (Phi) is 10.2. The van der Waals surface area contributed by atoms with Gasteiger partial charge in [-0.25, -0.2) is 19.4 Å². The van der Waals surface area contributed by atoms with Crippen LogP contribution in [0.15, 0.2) is 85.2 Å². The molecule has 3 aromatic carbocycles. The van der Waals surface area contributed by atoms with Crippen LogP contribution in [0.25, 0.3) is 22.3 Å². The van der Waals surface area contributed by atoms with Crippen molar-refractivity contribution in [1.82, 2.24) is 39.8 Å². The van der Waals surface area contributed by atoms with Crippen LogP contribution in [-0.4, -0.2) is 124 Å². The highest BCUT2D eigenvalue weighted by Gasteiger charge is 2.33. The van der Waals surface area contributed by atoms with Gasteiger partial charge in [-0.15, -0.1) is 0 Å². The molecule has 0 saturated carbocycles. The first kappa shape index (κ1) is 36.1. The molecule has 14 nitrogen and oxygen atoms in total. The average molecular weight is 756 g/mol. The van der Waals surface area contributed by atoms with Gasteiger partial charge < -0.3 is 20.3 Å². The van der Waals surface area contributed by atoms with Gasteiger partial charge in [0.25, 0.3) is 0 Å². The topological polar surface area (TPSA) is 141 Å². The van der Waals surface area contributed by atoms with Crippen LogP contribution in [0.5, 0.6) is 11.5 Å². The highest BCUT2D eigenvalue weighted by Crippen LogP contribution is 2.36. The number of urea groups is 1. The van der Waals surface area contributed by atoms with E-state index in [1.54, 1.807) is 11.2 Å². The van der Waals surface area contributed by atoms with Crippen molar-refractivity contribution >= 4 is 40.2 Å². The lowest BCUT2D eigenvalue weighted by Gasteiger charge is -2.37. The number of nitrogens with two attached hydrogens (primary N) is 1. The molecule has 290 valence electrons. The number of nitrogen functional groups attached to an aromatic ring is 1. The molecule has 4 aliphatic heterocycles. The first-order valence-electron chi connectivity index (χ1n) is 19.9. The maximum Gasteiger partial charge on any atom is 0.328 e. The zero-order chi connectivity index (χ0) is 38.0. The van der Waals surface area contributed by atoms with Gasteiger partial charge in [0.1, 0.15) is 29.3 Å². The number of carbonyl (C=O) groups excluding carboxylic acids is 2. The number of aromatic nitrogens is 4. The molecule has 3 amide bonds. The Morgan fingerprint density at radius 1 is 0.714 bits per heavy atom. The number of fused-ring (bicyclic) bond motifs is 1. The summed E-state index contributed by atoms with van der Waals surface area (Å²) >= 11 is 0. The van der Waals surface area contributed by atoms with Crippen LogP contribution < -0.4 is 25.6 Å². The van der Waals surface area contributed by atoms with Crippen molar-refractivity contribution < 1.29 is 14.3 Å². The lowest BCUT2D eigenvalue weighted by molar-refractivity contribution is -0.120. The number of imide groups is 1. The molecule has 0 spiro atoms. The Morgan fingerprint density at radius 2 is 1.41 bits per heavy atom. The standard InChI is InChI=1S/C42H49N11O3/c43-40-38-39(30-6-12-36(13-7-30)56-35-4-2-1-3-5-35)47-53(41(38)45-29-44-40)33-15-19-50(20-16-33)34-14-18-49(28-34)23-22-48-24-26-51(27-25-48)31-8-10-32(11-9-31)52-21-17-37(54)46-42(52)55/h1-13,29,33-34H,14-28H2,(H2,43,44,45)(H,46,54,55). The fourth-order valence-corrected chi connectivity index (χ4v) is 8.73. The number of rotatable bonds is 10. The van der Waals surface area contributed by atoms with E-state index in [1.807, 2.05) is 66.7 Å². The van der Waals surface area contributed by atoms with Crippen LogP contribution in [0.3, 0.4) is 0 Å². The molecular formula is C42H49N11O3. The molecule has 4 aliphatic rings. The molecular weight excluding hydrogens is 707 g/mol. The second-order valence-electron chi connectivity index (χ2n) is 15.3. The number of ether oxygens (including phenoxy) is 1. The van der Waals surface area contributed by atoms with Gasteiger partial charge in [-0.3, -0.25) is 24.8 Å². The number of nitrogens with one attached hydrogen (secondary N) is 1. The predicted octanol–water partition coefficient (Wildman–Crippen LogP) is 4.85. The number of piperazine rings is 1. The zero-order valence-electron chi connectivity index (χ0n) is 31.7. The fraction of sp³-hybridized carbons (Fsp3) is 0.405. The molecule has 5 aromatic rings. The number of nitrogens with zero attached hydrogens (tertiary/aromatic N) is 9. The van der Waals surface area contributed by atoms with Crippen molar-refractivity contribution in [3.63, 3.8) is 0 Å². The third-order valence-electron chi connectivity index (χ3n) is 11.9. The third-order valence-corrected chi connectivity index (χ3v) is 11.9. The Morgan fingerprint density at radius 3 is 2.16 bits per heavy atom. The maximum absolute atomic E-state index is 12.2. The Hall–Kier alpha value is -5.57. The lowest BCUT2D eigenvalue weighted by Crippen LogP contribution is -2.49. The van der Waals surface area contributed by atoms with Crippen LogP contribution in [0.2, 0.25) is 0 Å². The van der Waals surface area contributed by atoms with Gasteiger partial charge in [0.2, 0.25) is 5.91 Å². The van der Waals surface area contributed by atoms with Crippen LogP contribution in [0.4, 0.5) is 22.0 Å². The third kappa shape index (κ3) is 7.64. The van der Waals surface area contributed by atoms with E-state index < -0.39 is 0 Å². The molecule has 2 aromatic heterocycles. The highest BCUT2D eigenvalue weighted by molar-refractivity contribution is 6.05. The Labute approximate surface area is 326 Å². The van der Waals surface area contributed by atoms with Gasteiger partial charge in [-0.1, -0.05) is 18.2 Å².